The molecule has 4 aromatic rings. The van der Waals surface area contributed by atoms with Crippen LogP contribution in [-0.2, 0) is 13.0 Å². The lowest BCUT2D eigenvalue weighted by atomic mass is 9.90. The molecule has 5 rings (SSSR count). The lowest BCUT2D eigenvalue weighted by molar-refractivity contribution is 0.807. The molecule has 0 unspecified atom stereocenters. The van der Waals surface area contributed by atoms with Crippen LogP contribution in [-0.4, -0.2) is 4.57 Å². The van der Waals surface area contributed by atoms with Gasteiger partial charge in [0.25, 0.3) is 0 Å². The Kier molecular flexibility index (Phi) is 4.88. The summed E-state index contributed by atoms with van der Waals surface area (Å²) in [7, 11) is 0. The van der Waals surface area contributed by atoms with Gasteiger partial charge in [0.05, 0.1) is 0 Å². The van der Waals surface area contributed by atoms with E-state index < -0.39 is 0 Å². The van der Waals surface area contributed by atoms with Crippen molar-refractivity contribution in [3.63, 3.8) is 0 Å². The molecule has 1 heterocycles. The Bertz CT molecular complexity index is 1310. The fraction of sp³-hybridized carbons (Fsp3) is 0.172. The molecule has 1 aliphatic carbocycles. The van der Waals surface area contributed by atoms with Crippen molar-refractivity contribution in [3.8, 4) is 0 Å². The van der Waals surface area contributed by atoms with Crippen LogP contribution in [0.1, 0.15) is 37.1 Å². The molecule has 0 fully saturated rings. The molecule has 1 aliphatic rings. The van der Waals surface area contributed by atoms with Gasteiger partial charge in [0, 0.05) is 23.1 Å². The summed E-state index contributed by atoms with van der Waals surface area (Å²) in [6.07, 6.45) is 11.2. The van der Waals surface area contributed by atoms with E-state index in [1.165, 1.54) is 49.6 Å². The molecule has 0 atom stereocenters. The van der Waals surface area contributed by atoms with E-state index in [-0.39, 0.29) is 0 Å². The van der Waals surface area contributed by atoms with Gasteiger partial charge in [-0.2, -0.15) is 0 Å². The molecule has 0 saturated carbocycles. The summed E-state index contributed by atoms with van der Waals surface area (Å²) < 4.78 is 2.52. The third kappa shape index (κ3) is 3.21. The van der Waals surface area contributed by atoms with E-state index in [1.807, 2.05) is 0 Å². The van der Waals surface area contributed by atoms with Crippen LogP contribution >= 0.6 is 0 Å². The summed E-state index contributed by atoms with van der Waals surface area (Å²) in [6, 6.07) is 24.3. The van der Waals surface area contributed by atoms with E-state index in [2.05, 4.69) is 109 Å². The Hall–Kier alpha value is -3.32. The molecule has 0 amide bonds. The highest BCUT2D eigenvalue weighted by atomic mass is 15.0. The number of rotatable bonds is 4. The van der Waals surface area contributed by atoms with E-state index >= 15 is 0 Å². The number of fused-ring (bicyclic) bond motifs is 4. The fourth-order valence-corrected chi connectivity index (χ4v) is 4.78. The topological polar surface area (TPSA) is 4.93 Å². The zero-order valence-corrected chi connectivity index (χ0v) is 17.7. The second-order valence-corrected chi connectivity index (χ2v) is 8.07. The van der Waals surface area contributed by atoms with Crippen LogP contribution in [0.4, 0.5) is 0 Å². The van der Waals surface area contributed by atoms with Gasteiger partial charge in [-0.25, -0.2) is 0 Å². The van der Waals surface area contributed by atoms with Gasteiger partial charge in [0.15, 0.2) is 0 Å². The first-order chi connectivity index (χ1) is 14.8. The van der Waals surface area contributed by atoms with E-state index in [0.29, 0.717) is 0 Å². The number of hydrogen-bond donors (Lipinski definition) is 0. The SMILES string of the molecule is C/C=C\C(=C/C)C1=Cc2c(c3cc4ccccc4cc3n2Cc2ccccc2)CC1. The maximum Gasteiger partial charge on any atom is 0.0497 e. The third-order valence-corrected chi connectivity index (χ3v) is 6.25. The summed E-state index contributed by atoms with van der Waals surface area (Å²) >= 11 is 0. The molecular weight excluding hydrogens is 362 g/mol. The average molecular weight is 390 g/mol. The van der Waals surface area contributed by atoms with Crippen LogP contribution in [0.2, 0.25) is 0 Å². The van der Waals surface area contributed by atoms with Crippen molar-refractivity contribution in [3.05, 3.63) is 113 Å². The van der Waals surface area contributed by atoms with E-state index in [1.54, 1.807) is 0 Å². The minimum Gasteiger partial charge on any atom is -0.336 e. The first-order valence-corrected chi connectivity index (χ1v) is 10.9. The van der Waals surface area contributed by atoms with Crippen molar-refractivity contribution < 1.29 is 0 Å². The van der Waals surface area contributed by atoms with Crippen LogP contribution in [0.3, 0.4) is 0 Å². The maximum atomic E-state index is 2.52. The van der Waals surface area contributed by atoms with Crippen molar-refractivity contribution in [2.24, 2.45) is 0 Å². The largest absolute Gasteiger partial charge is 0.336 e. The van der Waals surface area contributed by atoms with Crippen molar-refractivity contribution in [2.75, 3.05) is 0 Å². The minimum atomic E-state index is 0.892. The number of nitrogens with zero attached hydrogens (tertiary/aromatic N) is 1. The molecule has 0 radical (unpaired) electrons. The molecule has 1 aromatic heterocycles. The molecule has 0 spiro atoms. The van der Waals surface area contributed by atoms with Crippen LogP contribution < -0.4 is 0 Å². The molecule has 0 N–H and O–H groups in total. The van der Waals surface area contributed by atoms with Gasteiger partial charge < -0.3 is 4.57 Å². The zero-order chi connectivity index (χ0) is 20.5. The number of hydrogen-bond acceptors (Lipinski definition) is 0. The van der Waals surface area contributed by atoms with Gasteiger partial charge in [-0.1, -0.05) is 72.8 Å². The molecule has 3 aromatic carbocycles. The van der Waals surface area contributed by atoms with Crippen LogP contribution in [0.15, 0.2) is 96.1 Å². The van der Waals surface area contributed by atoms with Crippen LogP contribution in [0.25, 0.3) is 27.8 Å². The number of aromatic nitrogens is 1. The van der Waals surface area contributed by atoms with Crippen molar-refractivity contribution in [2.45, 2.75) is 33.2 Å². The lowest BCUT2D eigenvalue weighted by Crippen LogP contribution is -2.06. The van der Waals surface area contributed by atoms with E-state index in [9.17, 15) is 0 Å². The van der Waals surface area contributed by atoms with Crippen LogP contribution in [0.5, 0.6) is 0 Å². The summed E-state index contributed by atoms with van der Waals surface area (Å²) in [4.78, 5) is 0. The second-order valence-electron chi connectivity index (χ2n) is 8.07. The minimum absolute atomic E-state index is 0.892. The molecule has 148 valence electrons. The lowest BCUT2D eigenvalue weighted by Gasteiger charge is -2.17. The predicted octanol–water partition coefficient (Wildman–Crippen LogP) is 7.69. The van der Waals surface area contributed by atoms with Crippen LogP contribution in [0, 0.1) is 0 Å². The predicted molar refractivity (Wildman–Crippen MR) is 130 cm³/mol. The summed E-state index contributed by atoms with van der Waals surface area (Å²) in [5.41, 5.74) is 8.31. The van der Waals surface area contributed by atoms with Gasteiger partial charge in [0.1, 0.15) is 0 Å². The molecule has 0 aliphatic heterocycles. The summed E-state index contributed by atoms with van der Waals surface area (Å²) in [6.45, 7) is 5.12. The maximum absolute atomic E-state index is 2.52. The smallest absolute Gasteiger partial charge is 0.0497 e. The van der Waals surface area contributed by atoms with Crippen molar-refractivity contribution in [1.29, 1.82) is 0 Å². The zero-order valence-electron chi connectivity index (χ0n) is 17.7. The molecule has 1 nitrogen and oxygen atoms in total. The molecule has 30 heavy (non-hydrogen) atoms. The van der Waals surface area contributed by atoms with E-state index in [4.69, 9.17) is 0 Å². The average Bonchev–Trinajstić information content (AvgIpc) is 3.08. The first kappa shape index (κ1) is 18.7. The highest BCUT2D eigenvalue weighted by Crippen LogP contribution is 2.38. The van der Waals surface area contributed by atoms with Gasteiger partial charge in [-0.15, -0.1) is 0 Å². The summed E-state index contributed by atoms with van der Waals surface area (Å²) in [5.74, 6) is 0. The fourth-order valence-electron chi connectivity index (χ4n) is 4.78. The monoisotopic (exact) mass is 389 g/mol. The Balaban J connectivity index is 1.77. The van der Waals surface area contributed by atoms with Gasteiger partial charge in [-0.05, 0) is 77.9 Å². The second kappa shape index (κ2) is 7.84. The van der Waals surface area contributed by atoms with Gasteiger partial charge in [-0.3, -0.25) is 0 Å². The molecule has 0 bridgehead atoms. The summed E-state index contributed by atoms with van der Waals surface area (Å²) in [5, 5.41) is 4.03. The number of allylic oxidation sites excluding steroid dienone is 5. The van der Waals surface area contributed by atoms with E-state index in [0.717, 1.165) is 19.4 Å². The van der Waals surface area contributed by atoms with Gasteiger partial charge >= 0.3 is 0 Å². The van der Waals surface area contributed by atoms with Crippen molar-refractivity contribution in [1.82, 2.24) is 4.57 Å². The normalized spacial score (nSPS) is 14.5. The quantitative estimate of drug-likeness (QED) is 0.315. The standard InChI is InChI=1S/C29H27N/c1-3-10-22(4-2)25-15-16-26-27-17-23-13-8-9-14-24(23)18-29(27)30(28(26)19-25)20-21-11-6-5-7-12-21/h3-14,17-19H,15-16,20H2,1-2H3/b10-3-,22-4+. The Morgan fingerprint density at radius 2 is 1.63 bits per heavy atom. The van der Waals surface area contributed by atoms with Crippen molar-refractivity contribution >= 4 is 27.8 Å². The third-order valence-electron chi connectivity index (χ3n) is 6.25. The van der Waals surface area contributed by atoms with Gasteiger partial charge in [0.2, 0.25) is 0 Å². The number of benzene rings is 3. The highest BCUT2D eigenvalue weighted by Gasteiger charge is 2.21. The highest BCUT2D eigenvalue weighted by molar-refractivity contribution is 6.00. The number of aryl methyl sites for hydroxylation is 1. The molecule has 1 heteroatoms. The Morgan fingerprint density at radius 1 is 0.900 bits per heavy atom. The Labute approximate surface area is 178 Å². The Morgan fingerprint density at radius 3 is 2.37 bits per heavy atom. The molecule has 0 saturated heterocycles. The first-order valence-electron chi connectivity index (χ1n) is 10.9. The molecular formula is C29H27N.